The third-order valence-electron chi connectivity index (χ3n) is 5.13. The fourth-order valence-corrected chi connectivity index (χ4v) is 3.73. The fraction of sp³-hybridized carbons (Fsp3) is 0.364. The van der Waals surface area contributed by atoms with E-state index in [2.05, 4.69) is 0 Å². The van der Waals surface area contributed by atoms with Gasteiger partial charge in [-0.2, -0.15) is 0 Å². The Labute approximate surface area is 156 Å². The minimum absolute atomic E-state index is 0.00403. The summed E-state index contributed by atoms with van der Waals surface area (Å²) < 4.78 is 16.8. The highest BCUT2D eigenvalue weighted by molar-refractivity contribution is 6.04. The van der Waals surface area contributed by atoms with Gasteiger partial charge < -0.3 is 13.9 Å². The molecule has 1 aromatic heterocycles. The van der Waals surface area contributed by atoms with Gasteiger partial charge in [-0.3, -0.25) is 4.79 Å². The molecule has 0 aliphatic carbocycles. The van der Waals surface area contributed by atoms with E-state index in [0.717, 1.165) is 17.2 Å². The highest BCUT2D eigenvalue weighted by atomic mass is 16.5. The third kappa shape index (κ3) is 3.60. The van der Waals surface area contributed by atoms with Gasteiger partial charge >= 0.3 is 5.63 Å². The van der Waals surface area contributed by atoms with Crippen LogP contribution in [0.15, 0.2) is 51.7 Å². The smallest absolute Gasteiger partial charge is 0.344 e. The van der Waals surface area contributed by atoms with E-state index < -0.39 is 0 Å². The first kappa shape index (κ1) is 17.7. The maximum absolute atomic E-state index is 12.5. The van der Waals surface area contributed by atoms with Crippen LogP contribution < -0.4 is 10.4 Å². The van der Waals surface area contributed by atoms with Gasteiger partial charge in [-0.25, -0.2) is 4.79 Å². The van der Waals surface area contributed by atoms with Gasteiger partial charge in [0.05, 0.1) is 11.0 Å². The zero-order chi connectivity index (χ0) is 19.0. The third-order valence-corrected chi connectivity index (χ3v) is 5.13. The van der Waals surface area contributed by atoms with Crippen molar-refractivity contribution in [1.29, 1.82) is 0 Å². The highest BCUT2D eigenvalue weighted by Gasteiger charge is 2.32. The minimum Gasteiger partial charge on any atom is -0.486 e. The van der Waals surface area contributed by atoms with Crippen LogP contribution >= 0.6 is 0 Å². The largest absolute Gasteiger partial charge is 0.486 e. The maximum atomic E-state index is 12.5. The first-order valence-electron chi connectivity index (χ1n) is 9.18. The lowest BCUT2D eigenvalue weighted by molar-refractivity contribution is -0.135. The van der Waals surface area contributed by atoms with Crippen LogP contribution in [-0.4, -0.2) is 24.6 Å². The molecule has 1 saturated heterocycles. The Bertz CT molecular complexity index is 1060. The molecule has 5 heteroatoms. The maximum Gasteiger partial charge on any atom is 0.344 e. The van der Waals surface area contributed by atoms with Crippen LogP contribution in [-0.2, 0) is 9.53 Å². The lowest BCUT2D eigenvalue weighted by Crippen LogP contribution is -2.38. The SMILES string of the molecule is CC1(C)CC(C(=O)COc2ccc3c(c2)oc(=O)c2ccccc23)CCO1. The lowest BCUT2D eigenvalue weighted by Gasteiger charge is -2.34. The molecule has 0 saturated carbocycles. The summed E-state index contributed by atoms with van der Waals surface area (Å²) in [5.74, 6) is 0.545. The van der Waals surface area contributed by atoms with E-state index >= 15 is 0 Å². The quantitative estimate of drug-likeness (QED) is 0.514. The van der Waals surface area contributed by atoms with Crippen LogP contribution in [0.1, 0.15) is 26.7 Å². The summed E-state index contributed by atoms with van der Waals surface area (Å²) >= 11 is 0. The van der Waals surface area contributed by atoms with Crippen LogP contribution in [0.4, 0.5) is 0 Å². The number of benzene rings is 2. The van der Waals surface area contributed by atoms with E-state index in [4.69, 9.17) is 13.9 Å². The summed E-state index contributed by atoms with van der Waals surface area (Å²) in [5.41, 5.74) is -0.196. The van der Waals surface area contributed by atoms with Gasteiger partial charge in [-0.15, -0.1) is 0 Å². The van der Waals surface area contributed by atoms with Crippen molar-refractivity contribution in [2.75, 3.05) is 13.2 Å². The first-order chi connectivity index (χ1) is 12.9. The number of fused-ring (bicyclic) bond motifs is 3. The molecule has 0 spiro atoms. The van der Waals surface area contributed by atoms with Gasteiger partial charge in [0.25, 0.3) is 0 Å². The number of carbonyl (C=O) groups excluding carboxylic acids is 1. The van der Waals surface area contributed by atoms with Gasteiger partial charge in [0, 0.05) is 24.0 Å². The molecule has 1 atom stereocenters. The number of hydrogen-bond acceptors (Lipinski definition) is 5. The van der Waals surface area contributed by atoms with Crippen molar-refractivity contribution >= 4 is 27.5 Å². The number of ketones is 1. The van der Waals surface area contributed by atoms with E-state index in [-0.39, 0.29) is 29.5 Å². The summed E-state index contributed by atoms with van der Waals surface area (Å²) in [7, 11) is 0. The van der Waals surface area contributed by atoms with Gasteiger partial charge in [0.1, 0.15) is 17.9 Å². The van der Waals surface area contributed by atoms with E-state index in [0.29, 0.717) is 29.7 Å². The molecule has 140 valence electrons. The molecule has 1 fully saturated rings. The van der Waals surface area contributed by atoms with Crippen molar-refractivity contribution in [1.82, 2.24) is 0 Å². The van der Waals surface area contributed by atoms with Gasteiger partial charge in [-0.05, 0) is 50.3 Å². The molecule has 4 rings (SSSR count). The molecular weight excluding hydrogens is 344 g/mol. The highest BCUT2D eigenvalue weighted by Crippen LogP contribution is 2.30. The standard InChI is InChI=1S/C22H22O5/c1-22(2)12-14(9-10-26-22)19(23)13-25-15-7-8-17-16-5-3-4-6-18(16)21(24)27-20(17)11-15/h3-8,11,14H,9-10,12-13H2,1-2H3. The predicted octanol–water partition coefficient (Wildman–Crippen LogP) is 4.10. The Morgan fingerprint density at radius 3 is 2.70 bits per heavy atom. The summed E-state index contributed by atoms with van der Waals surface area (Å²) in [4.78, 5) is 24.7. The molecule has 2 heterocycles. The molecule has 1 aliphatic heterocycles. The van der Waals surface area contributed by atoms with E-state index in [9.17, 15) is 9.59 Å². The van der Waals surface area contributed by atoms with Crippen LogP contribution in [0, 0.1) is 5.92 Å². The Morgan fingerprint density at radius 2 is 1.93 bits per heavy atom. The monoisotopic (exact) mass is 366 g/mol. The number of carbonyl (C=O) groups is 1. The summed E-state index contributed by atoms with van der Waals surface area (Å²) in [6, 6.07) is 12.7. The first-order valence-corrected chi connectivity index (χ1v) is 9.18. The Balaban J connectivity index is 1.54. The lowest BCUT2D eigenvalue weighted by atomic mass is 9.86. The molecule has 27 heavy (non-hydrogen) atoms. The molecule has 1 aliphatic rings. The topological polar surface area (TPSA) is 65.7 Å². The Morgan fingerprint density at radius 1 is 1.15 bits per heavy atom. The van der Waals surface area contributed by atoms with E-state index in [1.165, 1.54) is 0 Å². The molecule has 2 aromatic carbocycles. The second-order valence-electron chi connectivity index (χ2n) is 7.65. The molecule has 3 aromatic rings. The molecule has 5 nitrogen and oxygen atoms in total. The average Bonchev–Trinajstić information content (AvgIpc) is 2.65. The normalized spacial score (nSPS) is 19.3. The summed E-state index contributed by atoms with van der Waals surface area (Å²) in [5, 5.41) is 2.24. The Kier molecular flexibility index (Phi) is 4.48. The second kappa shape index (κ2) is 6.82. The number of hydrogen-bond donors (Lipinski definition) is 0. The van der Waals surface area contributed by atoms with Crippen LogP contribution in [0.2, 0.25) is 0 Å². The second-order valence-corrected chi connectivity index (χ2v) is 7.65. The summed E-state index contributed by atoms with van der Waals surface area (Å²) in [6.45, 7) is 4.60. The Hall–Kier alpha value is -2.66. The summed E-state index contributed by atoms with van der Waals surface area (Å²) in [6.07, 6.45) is 1.43. The fourth-order valence-electron chi connectivity index (χ4n) is 3.73. The van der Waals surface area contributed by atoms with E-state index in [1.54, 1.807) is 18.2 Å². The van der Waals surface area contributed by atoms with Crippen molar-refractivity contribution in [3.8, 4) is 5.75 Å². The predicted molar refractivity (Wildman–Crippen MR) is 103 cm³/mol. The molecule has 0 N–H and O–H groups in total. The average molecular weight is 366 g/mol. The van der Waals surface area contributed by atoms with Crippen LogP contribution in [0.3, 0.4) is 0 Å². The minimum atomic E-state index is -0.379. The van der Waals surface area contributed by atoms with Crippen LogP contribution in [0.5, 0.6) is 5.75 Å². The van der Waals surface area contributed by atoms with Crippen molar-refractivity contribution < 1.29 is 18.7 Å². The zero-order valence-corrected chi connectivity index (χ0v) is 15.5. The zero-order valence-electron chi connectivity index (χ0n) is 15.5. The van der Waals surface area contributed by atoms with Crippen molar-refractivity contribution in [2.45, 2.75) is 32.3 Å². The van der Waals surface area contributed by atoms with Crippen molar-refractivity contribution in [2.24, 2.45) is 5.92 Å². The van der Waals surface area contributed by atoms with Crippen LogP contribution in [0.25, 0.3) is 21.7 Å². The van der Waals surface area contributed by atoms with E-state index in [1.807, 2.05) is 38.1 Å². The van der Waals surface area contributed by atoms with Crippen molar-refractivity contribution in [3.05, 3.63) is 52.9 Å². The molecule has 1 unspecified atom stereocenters. The van der Waals surface area contributed by atoms with Crippen molar-refractivity contribution in [3.63, 3.8) is 0 Å². The number of rotatable bonds is 4. The molecule has 0 radical (unpaired) electrons. The molecule has 0 amide bonds. The molecular formula is C22H22O5. The van der Waals surface area contributed by atoms with Gasteiger partial charge in [0.15, 0.2) is 5.78 Å². The van der Waals surface area contributed by atoms with Gasteiger partial charge in [-0.1, -0.05) is 18.2 Å². The number of Topliss-reactive ketones (excluding diaryl/α,β-unsaturated/α-hetero) is 1. The number of ether oxygens (including phenoxy) is 2. The molecule has 0 bridgehead atoms. The van der Waals surface area contributed by atoms with Gasteiger partial charge in [0.2, 0.25) is 0 Å².